The summed E-state index contributed by atoms with van der Waals surface area (Å²) in [5, 5.41) is 0. The van der Waals surface area contributed by atoms with Crippen molar-refractivity contribution in [1.82, 2.24) is 4.90 Å². The van der Waals surface area contributed by atoms with Crippen LogP contribution in [0.5, 0.6) is 0 Å². The third-order valence-electron chi connectivity index (χ3n) is 5.51. The van der Waals surface area contributed by atoms with Gasteiger partial charge in [-0.25, -0.2) is 8.78 Å². The maximum absolute atomic E-state index is 13.7. The molecule has 1 aliphatic heterocycles. The summed E-state index contributed by atoms with van der Waals surface area (Å²) >= 11 is 0. The summed E-state index contributed by atoms with van der Waals surface area (Å²) in [4.78, 5) is 13.8. The molecule has 0 spiro atoms. The maximum Gasteiger partial charge on any atom is 0.264 e. The van der Waals surface area contributed by atoms with Crippen LogP contribution in [0.25, 0.3) is 0 Å². The van der Waals surface area contributed by atoms with Crippen molar-refractivity contribution in [3.63, 3.8) is 0 Å². The molecule has 0 aromatic heterocycles. The lowest BCUT2D eigenvalue weighted by Crippen LogP contribution is -2.41. The zero-order chi connectivity index (χ0) is 16.8. The summed E-state index contributed by atoms with van der Waals surface area (Å²) in [5.74, 6) is 0.0650. The van der Waals surface area contributed by atoms with E-state index in [4.69, 9.17) is 0 Å². The fraction of sp³-hybridized carbons (Fsp3) is 0.611. The Bertz CT molecular complexity index is 588. The SMILES string of the molecule is C=C(C)C1(C)C2=C(C[C@H]1C)C(C(F)F)=C(CC)CN2C(C)=O. The number of allylic oxidation sites excluding steroid dienone is 3. The molecule has 1 heterocycles. The Morgan fingerprint density at radius 1 is 1.45 bits per heavy atom. The normalized spacial score (nSPS) is 28.5. The Balaban J connectivity index is 2.74. The van der Waals surface area contributed by atoms with Crippen molar-refractivity contribution in [3.05, 3.63) is 34.6 Å². The first-order chi connectivity index (χ1) is 10.2. The molecule has 2 rings (SSSR count). The quantitative estimate of drug-likeness (QED) is 0.692. The number of nitrogens with zero attached hydrogens (tertiary/aromatic N) is 1. The monoisotopic (exact) mass is 309 g/mol. The Labute approximate surface area is 131 Å². The van der Waals surface area contributed by atoms with E-state index < -0.39 is 11.8 Å². The minimum absolute atomic E-state index is 0.0895. The molecule has 1 amide bonds. The first-order valence-electron chi connectivity index (χ1n) is 7.84. The largest absolute Gasteiger partial charge is 0.311 e. The highest BCUT2D eigenvalue weighted by molar-refractivity contribution is 5.78. The van der Waals surface area contributed by atoms with E-state index in [0.29, 0.717) is 24.0 Å². The molecule has 0 radical (unpaired) electrons. The van der Waals surface area contributed by atoms with Crippen LogP contribution in [0.2, 0.25) is 0 Å². The van der Waals surface area contributed by atoms with Gasteiger partial charge in [0.15, 0.2) is 0 Å². The lowest BCUT2D eigenvalue weighted by atomic mass is 9.73. The molecular formula is C18H25F2NO. The van der Waals surface area contributed by atoms with Crippen molar-refractivity contribution in [2.24, 2.45) is 11.3 Å². The van der Waals surface area contributed by atoms with Crippen LogP contribution in [-0.2, 0) is 4.79 Å². The molecule has 2 aliphatic rings. The van der Waals surface area contributed by atoms with Crippen molar-refractivity contribution in [1.29, 1.82) is 0 Å². The van der Waals surface area contributed by atoms with Crippen molar-refractivity contribution in [2.45, 2.75) is 53.9 Å². The number of alkyl halides is 2. The molecule has 0 saturated heterocycles. The standard InChI is InChI=1S/C18H25F2NO/c1-7-13-9-21(12(5)22)16-14(15(13)17(19)20)8-11(4)18(16,6)10(2)3/h11,17H,2,7-9H2,1,3-6H3/t11-,18?/m1/s1. The third kappa shape index (κ3) is 2.24. The lowest BCUT2D eigenvalue weighted by molar-refractivity contribution is -0.127. The number of amides is 1. The molecule has 22 heavy (non-hydrogen) atoms. The van der Waals surface area contributed by atoms with Gasteiger partial charge in [0.25, 0.3) is 6.43 Å². The highest BCUT2D eigenvalue weighted by Crippen LogP contribution is 2.56. The van der Waals surface area contributed by atoms with E-state index >= 15 is 0 Å². The predicted molar refractivity (Wildman–Crippen MR) is 84.4 cm³/mol. The predicted octanol–water partition coefficient (Wildman–Crippen LogP) is 4.70. The summed E-state index contributed by atoms with van der Waals surface area (Å²) in [6, 6.07) is 0. The molecule has 4 heteroatoms. The van der Waals surface area contributed by atoms with Gasteiger partial charge in [-0.15, -0.1) is 0 Å². The summed E-state index contributed by atoms with van der Waals surface area (Å²) in [5.41, 5.74) is 2.78. The van der Waals surface area contributed by atoms with Crippen molar-refractivity contribution < 1.29 is 13.6 Å². The van der Waals surface area contributed by atoms with Gasteiger partial charge in [-0.2, -0.15) is 0 Å². The Kier molecular flexibility index (Phi) is 4.33. The second kappa shape index (κ2) is 5.64. The molecule has 0 saturated carbocycles. The van der Waals surface area contributed by atoms with Gasteiger partial charge >= 0.3 is 0 Å². The number of halogens is 2. The first-order valence-corrected chi connectivity index (χ1v) is 7.84. The lowest BCUT2D eigenvalue weighted by Gasteiger charge is -2.41. The van der Waals surface area contributed by atoms with Crippen LogP contribution in [-0.4, -0.2) is 23.8 Å². The smallest absolute Gasteiger partial charge is 0.264 e. The van der Waals surface area contributed by atoms with E-state index in [2.05, 4.69) is 13.5 Å². The molecule has 2 atom stereocenters. The van der Waals surface area contributed by atoms with Crippen molar-refractivity contribution in [3.8, 4) is 0 Å². The fourth-order valence-corrected chi connectivity index (χ4v) is 3.88. The number of carbonyl (C=O) groups excluding carboxylic acids is 1. The van der Waals surface area contributed by atoms with Gasteiger partial charge in [0, 0.05) is 30.2 Å². The van der Waals surface area contributed by atoms with Gasteiger partial charge in [-0.3, -0.25) is 4.79 Å². The molecule has 2 nitrogen and oxygen atoms in total. The van der Waals surface area contributed by atoms with Gasteiger partial charge in [0.05, 0.1) is 0 Å². The number of carbonyl (C=O) groups is 1. The molecule has 1 aliphatic carbocycles. The molecule has 0 aromatic rings. The third-order valence-corrected chi connectivity index (χ3v) is 5.51. The number of hydrogen-bond acceptors (Lipinski definition) is 1. The van der Waals surface area contributed by atoms with Gasteiger partial charge < -0.3 is 4.90 Å². The fourth-order valence-electron chi connectivity index (χ4n) is 3.88. The average molecular weight is 309 g/mol. The molecule has 0 bridgehead atoms. The van der Waals surface area contributed by atoms with E-state index in [0.717, 1.165) is 11.3 Å². The van der Waals surface area contributed by atoms with Crippen LogP contribution < -0.4 is 0 Å². The second-order valence-electron chi connectivity index (χ2n) is 6.69. The zero-order valence-corrected chi connectivity index (χ0v) is 14.1. The maximum atomic E-state index is 13.7. The Morgan fingerprint density at radius 3 is 2.45 bits per heavy atom. The van der Waals surface area contributed by atoms with Crippen LogP contribution >= 0.6 is 0 Å². The highest BCUT2D eigenvalue weighted by atomic mass is 19.3. The zero-order valence-electron chi connectivity index (χ0n) is 14.1. The molecule has 0 fully saturated rings. The van der Waals surface area contributed by atoms with Gasteiger partial charge in [0.1, 0.15) is 0 Å². The van der Waals surface area contributed by atoms with Crippen LogP contribution in [0.1, 0.15) is 47.5 Å². The summed E-state index contributed by atoms with van der Waals surface area (Å²) in [7, 11) is 0. The van der Waals surface area contributed by atoms with Crippen LogP contribution in [0, 0.1) is 11.3 Å². The van der Waals surface area contributed by atoms with Crippen LogP contribution in [0.15, 0.2) is 34.6 Å². The summed E-state index contributed by atoms with van der Waals surface area (Å²) in [6.45, 7) is 13.7. The number of hydrogen-bond donors (Lipinski definition) is 0. The van der Waals surface area contributed by atoms with E-state index in [1.807, 2.05) is 20.8 Å². The van der Waals surface area contributed by atoms with E-state index in [-0.39, 0.29) is 23.9 Å². The topological polar surface area (TPSA) is 20.3 Å². The average Bonchev–Trinajstić information content (AvgIpc) is 2.69. The van der Waals surface area contributed by atoms with Crippen molar-refractivity contribution >= 4 is 5.91 Å². The molecular weight excluding hydrogens is 284 g/mol. The van der Waals surface area contributed by atoms with E-state index in [9.17, 15) is 13.6 Å². The minimum Gasteiger partial charge on any atom is -0.311 e. The van der Waals surface area contributed by atoms with Crippen molar-refractivity contribution in [2.75, 3.05) is 6.54 Å². The first kappa shape index (κ1) is 16.9. The molecule has 1 unspecified atom stereocenters. The van der Waals surface area contributed by atoms with Crippen LogP contribution in [0.4, 0.5) is 8.78 Å². The molecule has 0 aromatic carbocycles. The Morgan fingerprint density at radius 2 is 2.05 bits per heavy atom. The summed E-state index contributed by atoms with van der Waals surface area (Å²) in [6.07, 6.45) is -1.38. The highest BCUT2D eigenvalue weighted by Gasteiger charge is 2.50. The summed E-state index contributed by atoms with van der Waals surface area (Å²) < 4.78 is 27.4. The molecule has 0 N–H and O–H groups in total. The van der Waals surface area contributed by atoms with Gasteiger partial charge in [-0.1, -0.05) is 32.9 Å². The second-order valence-corrected chi connectivity index (χ2v) is 6.69. The number of rotatable bonds is 3. The van der Waals surface area contributed by atoms with Crippen LogP contribution in [0.3, 0.4) is 0 Å². The van der Waals surface area contributed by atoms with Gasteiger partial charge in [-0.05, 0) is 36.8 Å². The van der Waals surface area contributed by atoms with E-state index in [1.165, 1.54) is 6.92 Å². The Hall–Kier alpha value is -1.45. The minimum atomic E-state index is -2.49. The van der Waals surface area contributed by atoms with E-state index in [1.54, 1.807) is 4.90 Å². The van der Waals surface area contributed by atoms with Gasteiger partial charge in [0.2, 0.25) is 5.91 Å². The molecule has 122 valence electrons.